The predicted molar refractivity (Wildman–Crippen MR) is 80.0 cm³/mol. The van der Waals surface area contributed by atoms with Crippen molar-refractivity contribution < 1.29 is 4.74 Å². The lowest BCUT2D eigenvalue weighted by Gasteiger charge is -2.16. The molecule has 0 amide bonds. The molecule has 0 fully saturated rings. The second-order valence-electron chi connectivity index (χ2n) is 4.03. The summed E-state index contributed by atoms with van der Waals surface area (Å²) < 4.78 is 5.76. The third kappa shape index (κ3) is 3.44. The van der Waals surface area contributed by atoms with Gasteiger partial charge in [0.2, 0.25) is 0 Å². The Hall–Kier alpha value is -1.12. The largest absolute Gasteiger partial charge is 0.491 e. The van der Waals surface area contributed by atoms with Crippen LogP contribution in [0.25, 0.3) is 0 Å². The van der Waals surface area contributed by atoms with Gasteiger partial charge >= 0.3 is 0 Å². The summed E-state index contributed by atoms with van der Waals surface area (Å²) in [4.78, 5) is 0. The molecule has 0 spiro atoms. The van der Waals surface area contributed by atoms with Crippen molar-refractivity contribution in [1.29, 1.82) is 0 Å². The molecule has 2 aromatic carbocycles. The SMILES string of the molecule is SCC(COc1ccccc1Cl)c1ccccc1. The van der Waals surface area contributed by atoms with Crippen LogP contribution in [-0.4, -0.2) is 12.4 Å². The molecule has 2 aromatic rings. The second-order valence-corrected chi connectivity index (χ2v) is 4.80. The number of benzene rings is 2. The van der Waals surface area contributed by atoms with Crippen LogP contribution in [0.15, 0.2) is 54.6 Å². The minimum Gasteiger partial charge on any atom is -0.491 e. The maximum Gasteiger partial charge on any atom is 0.137 e. The third-order valence-electron chi connectivity index (χ3n) is 2.77. The van der Waals surface area contributed by atoms with E-state index in [2.05, 4.69) is 24.8 Å². The van der Waals surface area contributed by atoms with E-state index in [1.165, 1.54) is 5.56 Å². The lowest BCUT2D eigenvalue weighted by atomic mass is 10.0. The van der Waals surface area contributed by atoms with Crippen LogP contribution < -0.4 is 4.74 Å². The Bertz CT molecular complexity index is 487. The first-order valence-electron chi connectivity index (χ1n) is 5.84. The van der Waals surface area contributed by atoms with Crippen molar-refractivity contribution in [3.05, 3.63) is 65.2 Å². The van der Waals surface area contributed by atoms with Gasteiger partial charge in [-0.05, 0) is 17.7 Å². The van der Waals surface area contributed by atoms with Crippen molar-refractivity contribution in [1.82, 2.24) is 0 Å². The average Bonchev–Trinajstić information content (AvgIpc) is 2.42. The summed E-state index contributed by atoms with van der Waals surface area (Å²) in [7, 11) is 0. The van der Waals surface area contributed by atoms with Crippen LogP contribution in [0.2, 0.25) is 5.02 Å². The smallest absolute Gasteiger partial charge is 0.137 e. The van der Waals surface area contributed by atoms with E-state index < -0.39 is 0 Å². The fourth-order valence-corrected chi connectivity index (χ4v) is 2.24. The van der Waals surface area contributed by atoms with Crippen LogP contribution in [0.4, 0.5) is 0 Å². The molecule has 18 heavy (non-hydrogen) atoms. The minimum atomic E-state index is 0.269. The highest BCUT2D eigenvalue weighted by Crippen LogP contribution is 2.25. The highest BCUT2D eigenvalue weighted by molar-refractivity contribution is 7.80. The Labute approximate surface area is 118 Å². The first-order chi connectivity index (χ1) is 8.81. The maximum atomic E-state index is 6.05. The van der Waals surface area contributed by atoms with Gasteiger partial charge in [0.05, 0.1) is 11.6 Å². The Morgan fingerprint density at radius 2 is 1.67 bits per heavy atom. The van der Waals surface area contributed by atoms with Gasteiger partial charge in [0.25, 0.3) is 0 Å². The normalized spacial score (nSPS) is 12.1. The van der Waals surface area contributed by atoms with Gasteiger partial charge in [-0.25, -0.2) is 0 Å². The molecule has 3 heteroatoms. The molecule has 0 aliphatic carbocycles. The van der Waals surface area contributed by atoms with E-state index in [4.69, 9.17) is 16.3 Å². The number of halogens is 1. The zero-order valence-corrected chi connectivity index (χ0v) is 11.6. The number of thiol groups is 1. The molecular formula is C15H15ClOS. The molecule has 0 bridgehead atoms. The summed E-state index contributed by atoms with van der Waals surface area (Å²) in [6, 6.07) is 17.8. The molecule has 0 aliphatic heterocycles. The van der Waals surface area contributed by atoms with Gasteiger partial charge in [-0.15, -0.1) is 0 Å². The van der Waals surface area contributed by atoms with Crippen LogP contribution in [0.1, 0.15) is 11.5 Å². The van der Waals surface area contributed by atoms with Gasteiger partial charge in [0.15, 0.2) is 0 Å². The van der Waals surface area contributed by atoms with E-state index in [1.54, 1.807) is 0 Å². The van der Waals surface area contributed by atoms with E-state index in [0.29, 0.717) is 11.6 Å². The van der Waals surface area contributed by atoms with Gasteiger partial charge in [-0.2, -0.15) is 12.6 Å². The first kappa shape index (κ1) is 13.3. The summed E-state index contributed by atoms with van der Waals surface area (Å²) in [5.41, 5.74) is 1.24. The molecule has 0 saturated heterocycles. The molecule has 2 rings (SSSR count). The molecule has 1 atom stereocenters. The lowest BCUT2D eigenvalue weighted by Crippen LogP contribution is -2.12. The van der Waals surface area contributed by atoms with Gasteiger partial charge in [-0.3, -0.25) is 0 Å². The molecule has 0 saturated carbocycles. The minimum absolute atomic E-state index is 0.269. The van der Waals surface area contributed by atoms with Gasteiger partial charge < -0.3 is 4.74 Å². The number of ether oxygens (including phenoxy) is 1. The van der Waals surface area contributed by atoms with Crippen LogP contribution in [0, 0.1) is 0 Å². The first-order valence-corrected chi connectivity index (χ1v) is 6.85. The van der Waals surface area contributed by atoms with E-state index in [-0.39, 0.29) is 5.92 Å². The molecule has 94 valence electrons. The Morgan fingerprint density at radius 1 is 1.00 bits per heavy atom. The zero-order chi connectivity index (χ0) is 12.8. The lowest BCUT2D eigenvalue weighted by molar-refractivity contribution is 0.298. The van der Waals surface area contributed by atoms with E-state index in [9.17, 15) is 0 Å². The Kier molecular flexibility index (Phi) is 4.97. The third-order valence-corrected chi connectivity index (χ3v) is 3.52. The van der Waals surface area contributed by atoms with Crippen molar-refractivity contribution in [3.8, 4) is 5.75 Å². The van der Waals surface area contributed by atoms with E-state index in [0.717, 1.165) is 11.5 Å². The zero-order valence-electron chi connectivity index (χ0n) is 9.92. The fraction of sp³-hybridized carbons (Fsp3) is 0.200. The standard InChI is InChI=1S/C15H15ClOS/c16-14-8-4-5-9-15(14)17-10-13(11-18)12-6-2-1-3-7-12/h1-9,13,18H,10-11H2. The molecular weight excluding hydrogens is 264 g/mol. The number of para-hydroxylation sites is 1. The number of rotatable bonds is 5. The van der Waals surface area contributed by atoms with Crippen LogP contribution >= 0.6 is 24.2 Å². The monoisotopic (exact) mass is 278 g/mol. The summed E-state index contributed by atoms with van der Waals surface area (Å²) in [5, 5.41) is 0.642. The summed E-state index contributed by atoms with van der Waals surface area (Å²) in [6.07, 6.45) is 0. The second kappa shape index (κ2) is 6.72. The average molecular weight is 279 g/mol. The molecule has 0 heterocycles. The number of hydrogen-bond donors (Lipinski definition) is 1. The predicted octanol–water partition coefficient (Wildman–Crippen LogP) is 4.43. The topological polar surface area (TPSA) is 9.23 Å². The maximum absolute atomic E-state index is 6.05. The summed E-state index contributed by atoms with van der Waals surface area (Å²) >= 11 is 10.4. The van der Waals surface area contributed by atoms with Crippen molar-refractivity contribution in [2.24, 2.45) is 0 Å². The molecule has 1 unspecified atom stereocenters. The van der Waals surface area contributed by atoms with Gasteiger partial charge in [0, 0.05) is 11.7 Å². The van der Waals surface area contributed by atoms with Crippen molar-refractivity contribution in [3.63, 3.8) is 0 Å². The van der Waals surface area contributed by atoms with Crippen molar-refractivity contribution >= 4 is 24.2 Å². The summed E-state index contributed by atoms with van der Waals surface area (Å²) in [6.45, 7) is 0.581. The van der Waals surface area contributed by atoms with Crippen LogP contribution in [0.3, 0.4) is 0 Å². The molecule has 0 aliphatic rings. The molecule has 1 nitrogen and oxygen atoms in total. The molecule has 0 aromatic heterocycles. The van der Waals surface area contributed by atoms with E-state index in [1.807, 2.05) is 42.5 Å². The van der Waals surface area contributed by atoms with Gasteiger partial charge in [-0.1, -0.05) is 54.1 Å². The van der Waals surface area contributed by atoms with Crippen molar-refractivity contribution in [2.45, 2.75) is 5.92 Å². The Morgan fingerprint density at radius 3 is 2.33 bits per heavy atom. The van der Waals surface area contributed by atoms with Crippen molar-refractivity contribution in [2.75, 3.05) is 12.4 Å². The van der Waals surface area contributed by atoms with Crippen LogP contribution in [0.5, 0.6) is 5.75 Å². The summed E-state index contributed by atoms with van der Waals surface area (Å²) in [5.74, 6) is 1.74. The van der Waals surface area contributed by atoms with E-state index >= 15 is 0 Å². The van der Waals surface area contributed by atoms with Gasteiger partial charge in [0.1, 0.15) is 5.75 Å². The quantitative estimate of drug-likeness (QED) is 0.796. The highest BCUT2D eigenvalue weighted by atomic mass is 35.5. The number of hydrogen-bond acceptors (Lipinski definition) is 2. The Balaban J connectivity index is 2.02. The highest BCUT2D eigenvalue weighted by Gasteiger charge is 2.11. The van der Waals surface area contributed by atoms with Crippen LogP contribution in [-0.2, 0) is 0 Å². The molecule has 0 N–H and O–H groups in total. The fourth-order valence-electron chi connectivity index (χ4n) is 1.73. The molecule has 0 radical (unpaired) electrons.